The fraction of sp³-hybridized carbons (Fsp3) is 0.545. The average molecular weight is 431 g/mol. The molecule has 2 aromatic rings. The van der Waals surface area contributed by atoms with E-state index in [0.29, 0.717) is 48.0 Å². The van der Waals surface area contributed by atoms with Gasteiger partial charge in [0.25, 0.3) is 0 Å². The fourth-order valence-electron chi connectivity index (χ4n) is 3.66. The zero-order valence-corrected chi connectivity index (χ0v) is 18.1. The van der Waals surface area contributed by atoms with Gasteiger partial charge in [-0.3, -0.25) is 4.79 Å². The lowest BCUT2D eigenvalue weighted by atomic mass is 9.87. The van der Waals surface area contributed by atoms with Crippen molar-refractivity contribution >= 4 is 12.1 Å². The summed E-state index contributed by atoms with van der Waals surface area (Å²) in [6.45, 7) is 6.13. The number of carbonyl (C=O) groups is 2. The smallest absolute Gasteiger partial charge is 0.407 e. The minimum Gasteiger partial charge on any atom is -0.489 e. The van der Waals surface area contributed by atoms with Gasteiger partial charge in [0.05, 0.1) is 36.6 Å². The van der Waals surface area contributed by atoms with E-state index in [2.05, 4.69) is 15.5 Å². The maximum atomic E-state index is 11.8. The highest BCUT2D eigenvalue weighted by molar-refractivity contribution is 5.70. The standard InChI is InChI=1S/C22H29N3O6/c1-4-10-29-22(28)23-12-17-13(2)25-31-20(17)18-8-9-19(14(3)24-18)30-16-7-5-6-15(11-16)21(26)27/h8-9,15-16H,4-7,10-12H2,1-3H3,(H,23,28)(H,26,27)/t15-,16-/m0/s1. The highest BCUT2D eigenvalue weighted by atomic mass is 16.5. The monoisotopic (exact) mass is 431 g/mol. The van der Waals surface area contributed by atoms with Crippen LogP contribution in [0.2, 0.25) is 0 Å². The van der Waals surface area contributed by atoms with E-state index in [1.165, 1.54) is 0 Å². The molecule has 2 heterocycles. The van der Waals surface area contributed by atoms with Crippen molar-refractivity contribution in [3.63, 3.8) is 0 Å². The lowest BCUT2D eigenvalue weighted by molar-refractivity contribution is -0.143. The van der Waals surface area contributed by atoms with Crippen molar-refractivity contribution in [2.75, 3.05) is 6.61 Å². The number of carbonyl (C=O) groups excluding carboxylic acids is 1. The first kappa shape index (κ1) is 22.6. The molecular formula is C22H29N3O6. The quantitative estimate of drug-likeness (QED) is 0.642. The molecule has 2 N–H and O–H groups in total. The third kappa shape index (κ3) is 5.74. The molecule has 0 radical (unpaired) electrons. The van der Waals surface area contributed by atoms with Crippen LogP contribution in [0.4, 0.5) is 4.79 Å². The molecule has 2 atom stereocenters. The summed E-state index contributed by atoms with van der Waals surface area (Å²) < 4.78 is 16.6. The van der Waals surface area contributed by atoms with Gasteiger partial charge in [0, 0.05) is 5.56 Å². The molecule has 0 spiro atoms. The van der Waals surface area contributed by atoms with Crippen molar-refractivity contribution in [2.24, 2.45) is 5.92 Å². The minimum absolute atomic E-state index is 0.136. The number of aliphatic carboxylic acids is 1. The maximum Gasteiger partial charge on any atom is 0.407 e. The molecule has 1 fully saturated rings. The van der Waals surface area contributed by atoms with Gasteiger partial charge in [0.2, 0.25) is 0 Å². The first-order chi connectivity index (χ1) is 14.9. The second kappa shape index (κ2) is 10.3. The number of hydrogen-bond acceptors (Lipinski definition) is 7. The lowest BCUT2D eigenvalue weighted by Crippen LogP contribution is -2.29. The van der Waals surface area contributed by atoms with E-state index < -0.39 is 12.1 Å². The summed E-state index contributed by atoms with van der Waals surface area (Å²) in [5.41, 5.74) is 2.64. The van der Waals surface area contributed by atoms with Crippen LogP contribution in [0.3, 0.4) is 0 Å². The van der Waals surface area contributed by atoms with E-state index in [1.807, 2.05) is 19.9 Å². The van der Waals surface area contributed by atoms with E-state index in [1.54, 1.807) is 13.0 Å². The van der Waals surface area contributed by atoms with Crippen LogP contribution in [0, 0.1) is 19.8 Å². The predicted molar refractivity (Wildman–Crippen MR) is 112 cm³/mol. The minimum atomic E-state index is -0.765. The largest absolute Gasteiger partial charge is 0.489 e. The first-order valence-corrected chi connectivity index (χ1v) is 10.6. The van der Waals surface area contributed by atoms with Crippen molar-refractivity contribution in [2.45, 2.75) is 65.5 Å². The third-order valence-corrected chi connectivity index (χ3v) is 5.37. The van der Waals surface area contributed by atoms with Crippen LogP contribution >= 0.6 is 0 Å². The number of alkyl carbamates (subject to hydrolysis) is 1. The molecular weight excluding hydrogens is 402 g/mol. The Morgan fingerprint density at radius 3 is 2.77 bits per heavy atom. The van der Waals surface area contributed by atoms with Crippen molar-refractivity contribution in [1.29, 1.82) is 0 Å². The lowest BCUT2D eigenvalue weighted by Gasteiger charge is -2.27. The molecule has 1 aliphatic carbocycles. The van der Waals surface area contributed by atoms with E-state index in [4.69, 9.17) is 14.0 Å². The van der Waals surface area contributed by atoms with Crippen LogP contribution < -0.4 is 10.1 Å². The second-order valence-electron chi connectivity index (χ2n) is 7.79. The van der Waals surface area contributed by atoms with E-state index in [0.717, 1.165) is 24.8 Å². The Labute approximate surface area is 181 Å². The number of hydrogen-bond donors (Lipinski definition) is 2. The fourth-order valence-corrected chi connectivity index (χ4v) is 3.66. The van der Waals surface area contributed by atoms with Crippen molar-refractivity contribution < 1.29 is 28.7 Å². The summed E-state index contributed by atoms with van der Waals surface area (Å²) in [6.07, 6.45) is 2.98. The number of pyridine rings is 1. The van der Waals surface area contributed by atoms with Crippen LogP contribution in [-0.2, 0) is 16.1 Å². The summed E-state index contributed by atoms with van der Waals surface area (Å²) in [5.74, 6) is -0.0215. The molecule has 0 aromatic carbocycles. The Morgan fingerprint density at radius 1 is 1.26 bits per heavy atom. The van der Waals surface area contributed by atoms with Gasteiger partial charge < -0.3 is 24.4 Å². The number of amides is 1. The SMILES string of the molecule is CCCOC(=O)NCc1c(C)noc1-c1ccc(O[C@H]2CCC[C@H](C(=O)O)C2)c(C)n1. The molecule has 0 saturated heterocycles. The Hall–Kier alpha value is -3.10. The Morgan fingerprint density at radius 2 is 2.06 bits per heavy atom. The van der Waals surface area contributed by atoms with Crippen molar-refractivity contribution in [3.8, 4) is 17.2 Å². The van der Waals surface area contributed by atoms with Gasteiger partial charge in [0.1, 0.15) is 11.4 Å². The zero-order chi connectivity index (χ0) is 22.4. The molecule has 1 amide bonds. The van der Waals surface area contributed by atoms with Gasteiger partial charge in [-0.1, -0.05) is 12.1 Å². The summed E-state index contributed by atoms with van der Waals surface area (Å²) in [5, 5.41) is 16.0. The summed E-state index contributed by atoms with van der Waals surface area (Å²) in [7, 11) is 0. The molecule has 0 unspecified atom stereocenters. The van der Waals surface area contributed by atoms with Crippen LogP contribution in [0.25, 0.3) is 11.5 Å². The van der Waals surface area contributed by atoms with Gasteiger partial charge >= 0.3 is 12.1 Å². The van der Waals surface area contributed by atoms with Gasteiger partial charge in [-0.05, 0) is 58.1 Å². The molecule has 2 aromatic heterocycles. The number of rotatable bonds is 8. The number of aryl methyl sites for hydroxylation is 2. The zero-order valence-electron chi connectivity index (χ0n) is 18.1. The molecule has 0 bridgehead atoms. The number of carboxylic acid groups (broad SMARTS) is 1. The van der Waals surface area contributed by atoms with Crippen LogP contribution in [0.5, 0.6) is 5.75 Å². The average Bonchev–Trinajstić information content (AvgIpc) is 3.12. The second-order valence-corrected chi connectivity index (χ2v) is 7.79. The topological polar surface area (TPSA) is 124 Å². The van der Waals surface area contributed by atoms with Gasteiger partial charge in [0.15, 0.2) is 5.76 Å². The highest BCUT2D eigenvalue weighted by Crippen LogP contribution is 2.31. The van der Waals surface area contributed by atoms with Crippen LogP contribution in [-0.4, -0.2) is 40.0 Å². The molecule has 9 nitrogen and oxygen atoms in total. The van der Waals surface area contributed by atoms with E-state index in [-0.39, 0.29) is 18.6 Å². The third-order valence-electron chi connectivity index (χ3n) is 5.37. The highest BCUT2D eigenvalue weighted by Gasteiger charge is 2.28. The van der Waals surface area contributed by atoms with E-state index in [9.17, 15) is 14.7 Å². The van der Waals surface area contributed by atoms with Crippen LogP contribution in [0.15, 0.2) is 16.7 Å². The Bertz CT molecular complexity index is 926. The molecule has 0 aliphatic heterocycles. The predicted octanol–water partition coefficient (Wildman–Crippen LogP) is 4.01. The first-order valence-electron chi connectivity index (χ1n) is 10.6. The molecule has 1 saturated carbocycles. The van der Waals surface area contributed by atoms with Crippen LogP contribution in [0.1, 0.15) is 56.0 Å². The molecule has 1 aliphatic rings. The van der Waals surface area contributed by atoms with E-state index >= 15 is 0 Å². The summed E-state index contributed by atoms with van der Waals surface area (Å²) in [4.78, 5) is 27.6. The number of nitrogens with zero attached hydrogens (tertiary/aromatic N) is 2. The van der Waals surface area contributed by atoms with Crippen molar-refractivity contribution in [3.05, 3.63) is 29.1 Å². The molecule has 168 valence electrons. The molecule has 3 rings (SSSR count). The molecule has 9 heteroatoms. The number of ether oxygens (including phenoxy) is 2. The molecule has 31 heavy (non-hydrogen) atoms. The van der Waals surface area contributed by atoms with Gasteiger partial charge in [-0.25, -0.2) is 9.78 Å². The van der Waals surface area contributed by atoms with Gasteiger partial charge in [-0.2, -0.15) is 0 Å². The number of nitrogens with one attached hydrogen (secondary N) is 1. The summed E-state index contributed by atoms with van der Waals surface area (Å²) in [6, 6.07) is 3.59. The normalized spacial score (nSPS) is 18.4. The summed E-state index contributed by atoms with van der Waals surface area (Å²) >= 11 is 0. The Kier molecular flexibility index (Phi) is 7.49. The number of aromatic nitrogens is 2. The number of carboxylic acids is 1. The Balaban J connectivity index is 1.70. The van der Waals surface area contributed by atoms with Gasteiger partial charge in [-0.15, -0.1) is 0 Å². The maximum absolute atomic E-state index is 11.8. The van der Waals surface area contributed by atoms with Crippen molar-refractivity contribution in [1.82, 2.24) is 15.5 Å².